The molecule has 0 radical (unpaired) electrons. The molecule has 1 saturated heterocycles. The average Bonchev–Trinajstić information content (AvgIpc) is 2.94. The van der Waals surface area contributed by atoms with Crippen LogP contribution in [0.1, 0.15) is 30.8 Å². The Kier molecular flexibility index (Phi) is 4.59. The molecule has 5 heteroatoms. The maximum Gasteiger partial charge on any atom is 0.185 e. The molecule has 1 aliphatic rings. The quantitative estimate of drug-likeness (QED) is 0.890. The molecule has 1 unspecified atom stereocenters. The number of rotatable bonds is 5. The number of nitrogens with two attached hydrogens (primary N) is 1. The van der Waals surface area contributed by atoms with E-state index >= 15 is 0 Å². The summed E-state index contributed by atoms with van der Waals surface area (Å²) in [5, 5.41) is 1.12. The van der Waals surface area contributed by atoms with E-state index < -0.39 is 0 Å². The van der Waals surface area contributed by atoms with Gasteiger partial charge in [0.2, 0.25) is 0 Å². The van der Waals surface area contributed by atoms with Gasteiger partial charge in [0, 0.05) is 31.6 Å². The van der Waals surface area contributed by atoms with Crippen molar-refractivity contribution in [3.05, 3.63) is 10.6 Å². The first-order valence-electron chi connectivity index (χ1n) is 6.58. The Morgan fingerprint density at radius 1 is 1.56 bits per heavy atom. The first kappa shape index (κ1) is 13.8. The molecule has 2 rings (SSSR count). The van der Waals surface area contributed by atoms with Gasteiger partial charge >= 0.3 is 0 Å². The van der Waals surface area contributed by atoms with Crippen molar-refractivity contribution in [1.29, 1.82) is 0 Å². The van der Waals surface area contributed by atoms with E-state index in [0.717, 1.165) is 40.6 Å². The molecule has 4 nitrogen and oxygen atoms in total. The SMILES string of the molecule is COCc1nc(N2CCC(C(C)C)C2)sc1CN. The lowest BCUT2D eigenvalue weighted by atomic mass is 9.95. The second-order valence-electron chi connectivity index (χ2n) is 5.24. The molecule has 1 atom stereocenters. The summed E-state index contributed by atoms with van der Waals surface area (Å²) in [7, 11) is 1.70. The number of aromatic nitrogens is 1. The highest BCUT2D eigenvalue weighted by atomic mass is 32.1. The number of thiazole rings is 1. The number of hydrogen-bond donors (Lipinski definition) is 1. The highest BCUT2D eigenvalue weighted by molar-refractivity contribution is 7.15. The zero-order valence-corrected chi connectivity index (χ0v) is 12.3. The van der Waals surface area contributed by atoms with Crippen molar-refractivity contribution in [3.8, 4) is 0 Å². The number of hydrogen-bond acceptors (Lipinski definition) is 5. The van der Waals surface area contributed by atoms with Crippen molar-refractivity contribution in [2.24, 2.45) is 17.6 Å². The molecule has 1 fully saturated rings. The van der Waals surface area contributed by atoms with Crippen LogP contribution in [0.2, 0.25) is 0 Å². The van der Waals surface area contributed by atoms with Gasteiger partial charge in [-0.1, -0.05) is 13.8 Å². The van der Waals surface area contributed by atoms with Gasteiger partial charge in [0.25, 0.3) is 0 Å². The van der Waals surface area contributed by atoms with Crippen molar-refractivity contribution in [2.45, 2.75) is 33.4 Å². The maximum absolute atomic E-state index is 5.76. The normalized spacial score (nSPS) is 20.1. The molecule has 1 aromatic rings. The lowest BCUT2D eigenvalue weighted by molar-refractivity contribution is 0.181. The predicted molar refractivity (Wildman–Crippen MR) is 75.9 cm³/mol. The molecular formula is C13H23N3OS. The summed E-state index contributed by atoms with van der Waals surface area (Å²) in [5.74, 6) is 1.54. The van der Waals surface area contributed by atoms with E-state index in [1.54, 1.807) is 18.4 Å². The van der Waals surface area contributed by atoms with Gasteiger partial charge in [-0.25, -0.2) is 4.98 Å². The van der Waals surface area contributed by atoms with E-state index in [1.165, 1.54) is 6.42 Å². The van der Waals surface area contributed by atoms with Crippen LogP contribution >= 0.6 is 11.3 Å². The average molecular weight is 269 g/mol. The standard InChI is InChI=1S/C13H23N3OS/c1-9(2)10-4-5-16(7-10)13-15-11(8-17-3)12(6-14)18-13/h9-10H,4-8,14H2,1-3H3. The van der Waals surface area contributed by atoms with Gasteiger partial charge < -0.3 is 15.4 Å². The monoisotopic (exact) mass is 269 g/mol. The highest BCUT2D eigenvalue weighted by Crippen LogP contribution is 2.32. The van der Waals surface area contributed by atoms with Gasteiger partial charge in [-0.3, -0.25) is 0 Å². The van der Waals surface area contributed by atoms with E-state index in [-0.39, 0.29) is 0 Å². The van der Waals surface area contributed by atoms with Crippen LogP contribution in [0.3, 0.4) is 0 Å². The fraction of sp³-hybridized carbons (Fsp3) is 0.769. The van der Waals surface area contributed by atoms with Crippen LogP contribution in [0.4, 0.5) is 5.13 Å². The second-order valence-corrected chi connectivity index (χ2v) is 6.30. The smallest absolute Gasteiger partial charge is 0.185 e. The first-order chi connectivity index (χ1) is 8.65. The Hall–Kier alpha value is -0.650. The van der Waals surface area contributed by atoms with Crippen molar-refractivity contribution >= 4 is 16.5 Å². The van der Waals surface area contributed by atoms with Crippen molar-refractivity contribution < 1.29 is 4.74 Å². The molecule has 0 spiro atoms. The molecule has 0 bridgehead atoms. The Labute approximate surface area is 113 Å². The molecule has 0 saturated carbocycles. The molecule has 102 valence electrons. The van der Waals surface area contributed by atoms with Crippen LogP contribution in [0.15, 0.2) is 0 Å². The van der Waals surface area contributed by atoms with Crippen LogP contribution in [-0.4, -0.2) is 25.2 Å². The second kappa shape index (κ2) is 5.99. The van der Waals surface area contributed by atoms with E-state index in [2.05, 4.69) is 23.7 Å². The van der Waals surface area contributed by atoms with Gasteiger partial charge in [-0.15, -0.1) is 11.3 Å². The Bertz CT molecular complexity index is 392. The molecule has 2 N–H and O–H groups in total. The minimum atomic E-state index is 0.553. The van der Waals surface area contributed by atoms with Gasteiger partial charge in [0.05, 0.1) is 12.3 Å². The van der Waals surface area contributed by atoms with Crippen molar-refractivity contribution in [1.82, 2.24) is 4.98 Å². The largest absolute Gasteiger partial charge is 0.378 e. The molecule has 0 aliphatic carbocycles. The van der Waals surface area contributed by atoms with Crippen LogP contribution in [0, 0.1) is 11.8 Å². The molecular weight excluding hydrogens is 246 g/mol. The van der Waals surface area contributed by atoms with Crippen molar-refractivity contribution in [2.75, 3.05) is 25.1 Å². The molecule has 18 heavy (non-hydrogen) atoms. The predicted octanol–water partition coefficient (Wildman–Crippen LogP) is 2.23. The van der Waals surface area contributed by atoms with E-state index in [0.29, 0.717) is 13.2 Å². The fourth-order valence-electron chi connectivity index (χ4n) is 2.42. The third-order valence-electron chi connectivity index (χ3n) is 3.67. The summed E-state index contributed by atoms with van der Waals surface area (Å²) in [4.78, 5) is 8.24. The Morgan fingerprint density at radius 3 is 2.89 bits per heavy atom. The third kappa shape index (κ3) is 2.84. The maximum atomic E-state index is 5.76. The van der Waals surface area contributed by atoms with E-state index in [9.17, 15) is 0 Å². The van der Waals surface area contributed by atoms with Gasteiger partial charge in [0.1, 0.15) is 0 Å². The molecule has 1 aromatic heterocycles. The molecule has 0 amide bonds. The van der Waals surface area contributed by atoms with Crippen molar-refractivity contribution in [3.63, 3.8) is 0 Å². The molecule has 0 aromatic carbocycles. The summed E-state index contributed by atoms with van der Waals surface area (Å²) in [5.41, 5.74) is 6.77. The summed E-state index contributed by atoms with van der Waals surface area (Å²) in [6.07, 6.45) is 1.27. The Morgan fingerprint density at radius 2 is 2.33 bits per heavy atom. The van der Waals surface area contributed by atoms with Crippen LogP contribution < -0.4 is 10.6 Å². The number of methoxy groups -OCH3 is 1. The summed E-state index contributed by atoms with van der Waals surface area (Å²) < 4.78 is 5.18. The Balaban J connectivity index is 2.10. The summed E-state index contributed by atoms with van der Waals surface area (Å²) >= 11 is 1.72. The number of ether oxygens (including phenoxy) is 1. The zero-order valence-electron chi connectivity index (χ0n) is 11.5. The molecule has 1 aliphatic heterocycles. The number of anilines is 1. The highest BCUT2D eigenvalue weighted by Gasteiger charge is 2.27. The summed E-state index contributed by atoms with van der Waals surface area (Å²) in [6, 6.07) is 0. The van der Waals surface area contributed by atoms with E-state index in [4.69, 9.17) is 10.5 Å². The van der Waals surface area contributed by atoms with Gasteiger partial charge in [-0.05, 0) is 18.3 Å². The van der Waals surface area contributed by atoms with Crippen LogP contribution in [0.5, 0.6) is 0 Å². The summed E-state index contributed by atoms with van der Waals surface area (Å²) in [6.45, 7) is 7.96. The fourth-order valence-corrected chi connectivity index (χ4v) is 3.40. The first-order valence-corrected chi connectivity index (χ1v) is 7.39. The lowest BCUT2D eigenvalue weighted by Gasteiger charge is -2.16. The van der Waals surface area contributed by atoms with Gasteiger partial charge in [0.15, 0.2) is 5.13 Å². The van der Waals surface area contributed by atoms with Crippen LogP contribution in [-0.2, 0) is 17.9 Å². The third-order valence-corrected chi connectivity index (χ3v) is 4.85. The zero-order chi connectivity index (χ0) is 13.1. The minimum Gasteiger partial charge on any atom is -0.378 e. The van der Waals surface area contributed by atoms with E-state index in [1.807, 2.05) is 0 Å². The van der Waals surface area contributed by atoms with Gasteiger partial charge in [-0.2, -0.15) is 0 Å². The number of nitrogens with zero attached hydrogens (tertiary/aromatic N) is 2. The molecule has 2 heterocycles. The lowest BCUT2D eigenvalue weighted by Crippen LogP contribution is -2.21. The topological polar surface area (TPSA) is 51.4 Å². The minimum absolute atomic E-state index is 0.553. The van der Waals surface area contributed by atoms with Crippen LogP contribution in [0.25, 0.3) is 0 Å².